The summed E-state index contributed by atoms with van der Waals surface area (Å²) in [7, 11) is 0. The molecule has 164 valence electrons. The van der Waals surface area contributed by atoms with E-state index in [2.05, 4.69) is 17.6 Å². The van der Waals surface area contributed by atoms with E-state index in [1.807, 2.05) is 37.3 Å². The predicted molar refractivity (Wildman–Crippen MR) is 120 cm³/mol. The van der Waals surface area contributed by atoms with Crippen molar-refractivity contribution in [1.82, 2.24) is 10.6 Å². The molecule has 0 saturated carbocycles. The number of carbonyl (C=O) groups excluding carboxylic acids is 1. The quantitative estimate of drug-likeness (QED) is 0.589. The molecule has 3 rings (SSSR count). The van der Waals surface area contributed by atoms with Gasteiger partial charge in [-0.1, -0.05) is 25.1 Å². The Bertz CT molecular complexity index is 788. The number of benzene rings is 2. The molecular weight excluding hydrogens is 404 g/mol. The second-order valence-electron chi connectivity index (χ2n) is 7.15. The molecule has 2 aromatic carbocycles. The molecule has 1 aliphatic rings. The van der Waals surface area contributed by atoms with Crippen LogP contribution >= 0.6 is 12.4 Å². The number of rotatable bonds is 9. The highest BCUT2D eigenvalue weighted by atomic mass is 35.5. The summed E-state index contributed by atoms with van der Waals surface area (Å²) in [5, 5.41) is 6.50. The maximum atomic E-state index is 12.7. The van der Waals surface area contributed by atoms with Crippen molar-refractivity contribution in [2.75, 3.05) is 32.9 Å². The normalized spacial score (nSPS) is 18.1. The molecule has 0 radical (unpaired) electrons. The topological polar surface area (TPSA) is 68.8 Å². The van der Waals surface area contributed by atoms with E-state index in [0.717, 1.165) is 25.3 Å². The third-order valence-corrected chi connectivity index (χ3v) is 4.96. The zero-order valence-electron chi connectivity index (χ0n) is 17.6. The van der Waals surface area contributed by atoms with Gasteiger partial charge in [0.1, 0.15) is 19.0 Å². The van der Waals surface area contributed by atoms with Gasteiger partial charge in [-0.2, -0.15) is 0 Å². The Morgan fingerprint density at radius 2 is 1.83 bits per heavy atom. The van der Waals surface area contributed by atoms with E-state index in [4.69, 9.17) is 14.2 Å². The van der Waals surface area contributed by atoms with Crippen molar-refractivity contribution >= 4 is 18.3 Å². The average Bonchev–Trinajstić information content (AvgIpc) is 2.74. The van der Waals surface area contributed by atoms with Crippen LogP contribution in [0.4, 0.5) is 0 Å². The van der Waals surface area contributed by atoms with Gasteiger partial charge in [0, 0.05) is 11.6 Å². The van der Waals surface area contributed by atoms with Gasteiger partial charge >= 0.3 is 0 Å². The van der Waals surface area contributed by atoms with Crippen LogP contribution in [0.3, 0.4) is 0 Å². The Morgan fingerprint density at radius 1 is 1.07 bits per heavy atom. The fourth-order valence-electron chi connectivity index (χ4n) is 3.34. The van der Waals surface area contributed by atoms with E-state index in [1.54, 1.807) is 18.2 Å². The number of hydrogen-bond donors (Lipinski definition) is 2. The molecule has 2 atom stereocenters. The van der Waals surface area contributed by atoms with Crippen molar-refractivity contribution < 1.29 is 19.0 Å². The third-order valence-electron chi connectivity index (χ3n) is 4.96. The molecule has 1 aliphatic heterocycles. The van der Waals surface area contributed by atoms with Crippen molar-refractivity contribution in [3.05, 3.63) is 54.1 Å². The molecule has 1 fully saturated rings. The molecular formula is C23H31ClN2O4. The Balaban J connectivity index is 0.00000320. The molecule has 0 aromatic heterocycles. The highest BCUT2D eigenvalue weighted by Gasteiger charge is 2.23. The fourth-order valence-corrected chi connectivity index (χ4v) is 3.34. The van der Waals surface area contributed by atoms with Gasteiger partial charge in [0.15, 0.2) is 11.5 Å². The zero-order valence-corrected chi connectivity index (χ0v) is 18.4. The van der Waals surface area contributed by atoms with Crippen molar-refractivity contribution in [3.8, 4) is 17.2 Å². The lowest BCUT2D eigenvalue weighted by atomic mass is 9.95. The van der Waals surface area contributed by atoms with E-state index >= 15 is 0 Å². The van der Waals surface area contributed by atoms with Gasteiger partial charge in [-0.05, 0) is 62.7 Å². The summed E-state index contributed by atoms with van der Waals surface area (Å²) in [6.45, 7) is 7.21. The number of halogens is 1. The molecule has 1 amide bonds. The van der Waals surface area contributed by atoms with Crippen LogP contribution in [0, 0.1) is 5.92 Å². The summed E-state index contributed by atoms with van der Waals surface area (Å²) in [6.07, 6.45) is 0.938. The highest BCUT2D eigenvalue weighted by molar-refractivity contribution is 5.95. The summed E-state index contributed by atoms with van der Waals surface area (Å²) in [6, 6.07) is 15.1. The molecule has 0 aliphatic carbocycles. The lowest BCUT2D eigenvalue weighted by molar-refractivity contribution is 0.0913. The first-order chi connectivity index (χ1) is 14.2. The van der Waals surface area contributed by atoms with E-state index in [1.165, 1.54) is 0 Å². The Kier molecular flexibility index (Phi) is 9.77. The zero-order chi connectivity index (χ0) is 20.5. The molecule has 2 unspecified atom stereocenters. The molecule has 2 N–H and O–H groups in total. The van der Waals surface area contributed by atoms with Crippen LogP contribution in [-0.4, -0.2) is 44.9 Å². The SMILES string of the molecule is CCOc1cc(C(=O)NC2CCNCC2C)ccc1OCCOc1ccccc1.Cl. The third kappa shape index (κ3) is 6.82. The van der Waals surface area contributed by atoms with Crippen molar-refractivity contribution in [2.24, 2.45) is 5.92 Å². The second kappa shape index (κ2) is 12.3. The van der Waals surface area contributed by atoms with Gasteiger partial charge in [0.05, 0.1) is 6.61 Å². The minimum Gasteiger partial charge on any atom is -0.490 e. The van der Waals surface area contributed by atoms with Crippen LogP contribution in [-0.2, 0) is 0 Å². The van der Waals surface area contributed by atoms with E-state index in [9.17, 15) is 4.79 Å². The first-order valence-corrected chi connectivity index (χ1v) is 10.3. The molecule has 7 heteroatoms. The Morgan fingerprint density at radius 3 is 2.57 bits per heavy atom. The second-order valence-corrected chi connectivity index (χ2v) is 7.15. The van der Waals surface area contributed by atoms with Crippen LogP contribution in [0.15, 0.2) is 48.5 Å². The van der Waals surface area contributed by atoms with E-state index in [0.29, 0.717) is 42.8 Å². The van der Waals surface area contributed by atoms with Gasteiger partial charge in [0.25, 0.3) is 5.91 Å². The number of nitrogens with one attached hydrogen (secondary N) is 2. The van der Waals surface area contributed by atoms with Crippen molar-refractivity contribution in [3.63, 3.8) is 0 Å². The fraction of sp³-hybridized carbons (Fsp3) is 0.435. The molecule has 1 heterocycles. The maximum absolute atomic E-state index is 12.7. The predicted octanol–water partition coefficient (Wildman–Crippen LogP) is 3.69. The summed E-state index contributed by atoms with van der Waals surface area (Å²) in [5.74, 6) is 2.31. The van der Waals surface area contributed by atoms with Crippen LogP contribution in [0.25, 0.3) is 0 Å². The first-order valence-electron chi connectivity index (χ1n) is 10.3. The highest BCUT2D eigenvalue weighted by Crippen LogP contribution is 2.29. The summed E-state index contributed by atoms with van der Waals surface area (Å²) in [4.78, 5) is 12.7. The summed E-state index contributed by atoms with van der Waals surface area (Å²) < 4.78 is 17.2. The molecule has 0 spiro atoms. The van der Waals surface area contributed by atoms with Crippen LogP contribution < -0.4 is 24.8 Å². The van der Waals surface area contributed by atoms with Crippen molar-refractivity contribution in [2.45, 2.75) is 26.3 Å². The monoisotopic (exact) mass is 434 g/mol. The number of ether oxygens (including phenoxy) is 3. The van der Waals surface area contributed by atoms with Crippen LogP contribution in [0.5, 0.6) is 17.2 Å². The minimum absolute atomic E-state index is 0. The Hall–Kier alpha value is -2.44. The van der Waals surface area contributed by atoms with Gasteiger partial charge in [-0.3, -0.25) is 4.79 Å². The molecule has 6 nitrogen and oxygen atoms in total. The molecule has 1 saturated heterocycles. The number of piperidine rings is 1. The lowest BCUT2D eigenvalue weighted by Gasteiger charge is -2.30. The van der Waals surface area contributed by atoms with Crippen LogP contribution in [0.1, 0.15) is 30.6 Å². The lowest BCUT2D eigenvalue weighted by Crippen LogP contribution is -2.48. The van der Waals surface area contributed by atoms with Gasteiger partial charge in [0.2, 0.25) is 0 Å². The number of hydrogen-bond acceptors (Lipinski definition) is 5. The average molecular weight is 435 g/mol. The maximum Gasteiger partial charge on any atom is 0.251 e. The smallest absolute Gasteiger partial charge is 0.251 e. The number of carbonyl (C=O) groups is 1. The molecule has 2 aromatic rings. The van der Waals surface area contributed by atoms with Crippen molar-refractivity contribution in [1.29, 1.82) is 0 Å². The van der Waals surface area contributed by atoms with E-state index in [-0.39, 0.29) is 24.4 Å². The Labute approximate surface area is 184 Å². The van der Waals surface area contributed by atoms with Gasteiger partial charge in [-0.25, -0.2) is 0 Å². The summed E-state index contributed by atoms with van der Waals surface area (Å²) >= 11 is 0. The van der Waals surface area contributed by atoms with Crippen LogP contribution in [0.2, 0.25) is 0 Å². The van der Waals surface area contributed by atoms with E-state index < -0.39 is 0 Å². The van der Waals surface area contributed by atoms with Gasteiger partial charge < -0.3 is 24.8 Å². The minimum atomic E-state index is -0.0799. The number of para-hydroxylation sites is 1. The number of amides is 1. The summed E-state index contributed by atoms with van der Waals surface area (Å²) in [5.41, 5.74) is 0.576. The standard InChI is InChI=1S/C23H30N2O4.ClH/c1-3-27-22-15-18(23(26)25-20-11-12-24-16-17(20)2)9-10-21(22)29-14-13-28-19-7-5-4-6-8-19;/h4-10,15,17,20,24H,3,11-14,16H2,1-2H3,(H,25,26);1H. The first kappa shape index (κ1) is 23.8. The molecule has 30 heavy (non-hydrogen) atoms. The van der Waals surface area contributed by atoms with Gasteiger partial charge in [-0.15, -0.1) is 12.4 Å². The largest absolute Gasteiger partial charge is 0.490 e. The molecule has 0 bridgehead atoms.